The van der Waals surface area contributed by atoms with Crippen LogP contribution < -0.4 is 10.1 Å². The summed E-state index contributed by atoms with van der Waals surface area (Å²) in [6, 6.07) is 8.72. The SMILES string of the molecule is [2H][B]C(=O)Nc1ccc(O)c(C=NCCN=Cc2cc(OCC(=O)O)ccc2O)c1.[Co]. The molecule has 0 aliphatic carbocycles. The maximum atomic E-state index is 11.2. The molecule has 2 aromatic rings. The smallest absolute Gasteiger partial charge is 0.341 e. The van der Waals surface area contributed by atoms with Crippen LogP contribution in [-0.4, -0.2) is 68.4 Å². The molecule has 0 unspecified atom stereocenters. The van der Waals surface area contributed by atoms with Gasteiger partial charge in [-0.25, -0.2) is 4.79 Å². The number of benzene rings is 2. The average molecular weight is 456 g/mol. The van der Waals surface area contributed by atoms with Crippen LogP contribution in [0.1, 0.15) is 11.1 Å². The van der Waals surface area contributed by atoms with E-state index >= 15 is 0 Å². The van der Waals surface area contributed by atoms with Crippen LogP contribution in [0.4, 0.5) is 10.5 Å². The second kappa shape index (κ2) is 12.3. The molecule has 0 saturated heterocycles. The minimum absolute atomic E-state index is 0. The minimum Gasteiger partial charge on any atom is -0.507 e. The number of aromatic hydroxyl groups is 2. The molecular formula is C19H19BCoN3O6. The summed E-state index contributed by atoms with van der Waals surface area (Å²) in [5.74, 6) is -1.44. The second-order valence-corrected chi connectivity index (χ2v) is 5.74. The molecule has 0 aliphatic rings. The number of nitrogens with one attached hydrogen (secondary N) is 1. The van der Waals surface area contributed by atoms with E-state index in [1.54, 1.807) is 0 Å². The monoisotopic (exact) mass is 456 g/mol. The normalized spacial score (nSPS) is 11.0. The Morgan fingerprint density at radius 2 is 1.67 bits per heavy atom. The van der Waals surface area contributed by atoms with Crippen molar-refractivity contribution in [3.8, 4) is 17.2 Å². The van der Waals surface area contributed by atoms with Gasteiger partial charge in [-0.05, 0) is 37.7 Å². The van der Waals surface area contributed by atoms with Gasteiger partial charge in [0.1, 0.15) is 17.2 Å². The van der Waals surface area contributed by atoms with Crippen LogP contribution in [0.25, 0.3) is 0 Å². The molecule has 2 radical (unpaired) electrons. The molecule has 11 heteroatoms. The number of ether oxygens (including phenoxy) is 1. The van der Waals surface area contributed by atoms with Crippen molar-refractivity contribution in [2.45, 2.75) is 0 Å². The standard InChI is InChI=1S/C19H19BN3O6.Co/c20-19(28)23-14-1-3-16(24)12(7-14)9-21-5-6-22-10-13-8-15(2-4-17(13)25)29-11-18(26)27;/h1-4,7-10,20,24-25H,5-6,11H2,(H,23,28)(H,26,27);/i20D;. The predicted octanol–water partition coefficient (Wildman–Crippen LogP) is 1.53. The van der Waals surface area contributed by atoms with Crippen molar-refractivity contribution in [1.82, 2.24) is 0 Å². The molecule has 9 nitrogen and oxygen atoms in total. The second-order valence-electron chi connectivity index (χ2n) is 5.74. The first kappa shape index (κ1) is 23.0. The first-order chi connectivity index (χ1) is 14.4. The maximum absolute atomic E-state index is 11.2. The van der Waals surface area contributed by atoms with E-state index in [2.05, 4.69) is 15.3 Å². The number of phenols is 2. The van der Waals surface area contributed by atoms with Gasteiger partial charge in [-0.15, -0.1) is 0 Å². The van der Waals surface area contributed by atoms with Gasteiger partial charge in [0, 0.05) is 46.0 Å². The van der Waals surface area contributed by atoms with Crippen molar-refractivity contribution in [3.63, 3.8) is 0 Å². The third-order valence-corrected chi connectivity index (χ3v) is 3.48. The zero-order valence-electron chi connectivity index (χ0n) is 16.6. The number of amides is 1. The Bertz CT molecular complexity index is 974. The molecule has 0 saturated carbocycles. The number of rotatable bonds is 10. The van der Waals surface area contributed by atoms with E-state index in [4.69, 9.17) is 11.2 Å². The Morgan fingerprint density at radius 3 is 2.27 bits per heavy atom. The van der Waals surface area contributed by atoms with Gasteiger partial charge in [-0.2, -0.15) is 0 Å². The van der Waals surface area contributed by atoms with Crippen LogP contribution in [-0.2, 0) is 21.6 Å². The third kappa shape index (κ3) is 8.37. The molecule has 0 atom stereocenters. The Morgan fingerprint density at radius 1 is 1.07 bits per heavy atom. The Labute approximate surface area is 185 Å². The summed E-state index contributed by atoms with van der Waals surface area (Å²) in [5.41, 5.74) is 1.18. The summed E-state index contributed by atoms with van der Waals surface area (Å²) in [5, 5.41) is 30.8. The number of nitrogens with zero attached hydrogens (tertiary/aromatic N) is 2. The van der Waals surface area contributed by atoms with Crippen molar-refractivity contribution in [1.29, 1.82) is 1.34 Å². The zero-order valence-corrected chi connectivity index (χ0v) is 16.7. The predicted molar refractivity (Wildman–Crippen MR) is 110 cm³/mol. The van der Waals surface area contributed by atoms with E-state index in [1.807, 2.05) is 0 Å². The van der Waals surface area contributed by atoms with Crippen LogP contribution in [0.15, 0.2) is 46.4 Å². The molecule has 30 heavy (non-hydrogen) atoms. The van der Waals surface area contributed by atoms with Gasteiger partial charge in [-0.3, -0.25) is 14.8 Å². The number of hydrogen-bond acceptors (Lipinski definition) is 7. The number of carbonyl (C=O) groups is 2. The summed E-state index contributed by atoms with van der Waals surface area (Å²) in [6.45, 7) is 0.0965. The fourth-order valence-electron chi connectivity index (χ4n) is 2.19. The Hall–Kier alpha value is -3.31. The van der Waals surface area contributed by atoms with E-state index in [-0.39, 0.29) is 28.3 Å². The van der Waals surface area contributed by atoms with Gasteiger partial charge in [0.05, 0.1) is 13.1 Å². The fraction of sp³-hybridized carbons (Fsp3) is 0.158. The molecular weight excluding hydrogens is 436 g/mol. The van der Waals surface area contributed by atoms with Crippen molar-refractivity contribution >= 4 is 37.7 Å². The van der Waals surface area contributed by atoms with Crippen LogP contribution >= 0.6 is 0 Å². The minimum atomic E-state index is -1.11. The van der Waals surface area contributed by atoms with Crippen molar-refractivity contribution in [3.05, 3.63) is 47.5 Å². The zero-order chi connectivity index (χ0) is 21.9. The largest absolute Gasteiger partial charge is 0.507 e. The van der Waals surface area contributed by atoms with Gasteiger partial charge in [0.2, 0.25) is 7.81 Å². The Balaban J connectivity index is 0.00000480. The van der Waals surface area contributed by atoms with Crippen LogP contribution in [0.5, 0.6) is 17.2 Å². The van der Waals surface area contributed by atoms with E-state index < -0.39 is 18.4 Å². The van der Waals surface area contributed by atoms with Gasteiger partial charge in [-0.1, -0.05) is 0 Å². The fourth-order valence-corrected chi connectivity index (χ4v) is 2.19. The number of aliphatic imine (C=N–C) groups is 2. The third-order valence-electron chi connectivity index (χ3n) is 3.48. The molecule has 1 amide bonds. The summed E-state index contributed by atoms with van der Waals surface area (Å²) >= 11 is 0. The summed E-state index contributed by atoms with van der Waals surface area (Å²) in [7, 11) is 0.643. The first-order valence-corrected chi connectivity index (χ1v) is 8.42. The van der Waals surface area contributed by atoms with Crippen LogP contribution in [0.2, 0.25) is 0 Å². The van der Waals surface area contributed by atoms with Gasteiger partial charge in [0.15, 0.2) is 12.4 Å². The van der Waals surface area contributed by atoms with Crippen molar-refractivity contribution in [2.75, 3.05) is 25.0 Å². The molecule has 4 N–H and O–H groups in total. The Kier molecular flexibility index (Phi) is 9.42. The van der Waals surface area contributed by atoms with Crippen molar-refractivity contribution in [2.24, 2.45) is 9.98 Å². The molecule has 0 bridgehead atoms. The molecule has 2 rings (SSSR count). The van der Waals surface area contributed by atoms with Gasteiger partial charge in [0.25, 0.3) is 0 Å². The number of anilines is 1. The molecule has 0 fully saturated rings. The summed E-state index contributed by atoms with van der Waals surface area (Å²) < 4.78 is 11.9. The van der Waals surface area contributed by atoms with E-state index in [1.165, 1.54) is 48.8 Å². The summed E-state index contributed by atoms with van der Waals surface area (Å²) in [4.78, 5) is 30.1. The molecule has 0 spiro atoms. The van der Waals surface area contributed by atoms with E-state index in [9.17, 15) is 19.8 Å². The molecule has 2 aromatic carbocycles. The molecule has 158 valence electrons. The number of hydrogen-bond donors (Lipinski definition) is 4. The number of aliphatic carboxylic acids is 1. The topological polar surface area (TPSA) is 141 Å². The number of carboxylic acids is 1. The van der Waals surface area contributed by atoms with E-state index in [0.717, 1.165) is 0 Å². The van der Waals surface area contributed by atoms with Crippen LogP contribution in [0.3, 0.4) is 0 Å². The number of carbonyl (C=O) groups excluding carboxylic acids is 1. The van der Waals surface area contributed by atoms with E-state index in [0.29, 0.717) is 43.5 Å². The average Bonchev–Trinajstić information content (AvgIpc) is 2.72. The van der Waals surface area contributed by atoms with Crippen LogP contribution in [0, 0.1) is 0 Å². The maximum Gasteiger partial charge on any atom is 0.341 e. The number of phenolic OH excluding ortho intramolecular Hbond substituents is 2. The number of carboxylic acid groups (broad SMARTS) is 1. The van der Waals surface area contributed by atoms with Gasteiger partial charge >= 0.3 is 5.97 Å². The molecule has 0 aromatic heterocycles. The quantitative estimate of drug-likeness (QED) is 0.185. The summed E-state index contributed by atoms with van der Waals surface area (Å²) in [6.07, 6.45) is 2.85. The molecule has 0 aliphatic heterocycles. The molecule has 0 heterocycles. The van der Waals surface area contributed by atoms with Crippen molar-refractivity contribution < 1.29 is 46.4 Å². The first-order valence-electron chi connectivity index (χ1n) is 8.99. The van der Waals surface area contributed by atoms with Gasteiger partial charge < -0.3 is 25.4 Å².